The summed E-state index contributed by atoms with van der Waals surface area (Å²) in [5.74, 6) is 1.73. The maximum absolute atomic E-state index is 2.50. The summed E-state index contributed by atoms with van der Waals surface area (Å²) in [6, 6.07) is 0. The van der Waals surface area contributed by atoms with Gasteiger partial charge in [-0.25, -0.2) is 0 Å². The van der Waals surface area contributed by atoms with Gasteiger partial charge in [-0.1, -0.05) is 55.4 Å². The van der Waals surface area contributed by atoms with Crippen molar-refractivity contribution in [3.63, 3.8) is 0 Å². The Morgan fingerprint density at radius 2 is 1.50 bits per heavy atom. The SMILES string of the molecule is CC(C)C1CC(C)(C)C1(C)C(C)(C)C. The van der Waals surface area contributed by atoms with Crippen LogP contribution in [0.25, 0.3) is 0 Å². The van der Waals surface area contributed by atoms with Crippen LogP contribution < -0.4 is 0 Å². The van der Waals surface area contributed by atoms with E-state index in [0.29, 0.717) is 16.2 Å². The average Bonchev–Trinajstić information content (AvgIpc) is 1.96. The summed E-state index contributed by atoms with van der Waals surface area (Å²) in [5.41, 5.74) is 1.43. The summed E-state index contributed by atoms with van der Waals surface area (Å²) in [4.78, 5) is 0. The molecule has 1 rings (SSSR count). The lowest BCUT2D eigenvalue weighted by molar-refractivity contribution is -0.195. The molecular weight excluding hydrogens is 168 g/mol. The molecule has 0 nitrogen and oxygen atoms in total. The molecule has 2 atom stereocenters. The Kier molecular flexibility index (Phi) is 2.58. The van der Waals surface area contributed by atoms with Gasteiger partial charge < -0.3 is 0 Å². The van der Waals surface area contributed by atoms with E-state index in [9.17, 15) is 0 Å². The first kappa shape index (κ1) is 12.1. The molecule has 0 aromatic carbocycles. The van der Waals surface area contributed by atoms with Gasteiger partial charge in [-0.15, -0.1) is 0 Å². The molecule has 2 unspecified atom stereocenters. The summed E-state index contributed by atoms with van der Waals surface area (Å²) >= 11 is 0. The van der Waals surface area contributed by atoms with Crippen LogP contribution in [0.5, 0.6) is 0 Å². The molecule has 1 aliphatic carbocycles. The van der Waals surface area contributed by atoms with Crippen LogP contribution in [0.2, 0.25) is 0 Å². The van der Waals surface area contributed by atoms with Crippen molar-refractivity contribution in [3.05, 3.63) is 0 Å². The standard InChI is InChI=1S/C14H28/c1-10(2)11-9-13(6,7)14(11,8)12(3,4)5/h10-11H,9H2,1-8H3. The van der Waals surface area contributed by atoms with Crippen molar-refractivity contribution in [2.45, 2.75) is 61.8 Å². The summed E-state index contributed by atoms with van der Waals surface area (Å²) in [5, 5.41) is 0. The zero-order chi connectivity index (χ0) is 11.4. The highest BCUT2D eigenvalue weighted by atomic mass is 14.7. The highest BCUT2D eigenvalue weighted by molar-refractivity contribution is 5.10. The first-order valence-corrected chi connectivity index (χ1v) is 6.04. The van der Waals surface area contributed by atoms with Crippen LogP contribution in [0.15, 0.2) is 0 Å². The number of hydrogen-bond donors (Lipinski definition) is 0. The fourth-order valence-corrected chi connectivity index (χ4v) is 3.81. The lowest BCUT2D eigenvalue weighted by Gasteiger charge is -2.68. The molecular formula is C14H28. The van der Waals surface area contributed by atoms with Gasteiger partial charge >= 0.3 is 0 Å². The molecule has 0 aromatic heterocycles. The van der Waals surface area contributed by atoms with Crippen LogP contribution in [0, 0.1) is 28.1 Å². The van der Waals surface area contributed by atoms with E-state index < -0.39 is 0 Å². The molecule has 0 saturated heterocycles. The minimum Gasteiger partial charge on any atom is -0.0625 e. The highest BCUT2D eigenvalue weighted by Crippen LogP contribution is 2.69. The van der Waals surface area contributed by atoms with Gasteiger partial charge in [0.1, 0.15) is 0 Å². The van der Waals surface area contributed by atoms with Crippen LogP contribution in [-0.4, -0.2) is 0 Å². The van der Waals surface area contributed by atoms with E-state index in [1.165, 1.54) is 6.42 Å². The van der Waals surface area contributed by atoms with Gasteiger partial charge in [0.2, 0.25) is 0 Å². The predicted molar refractivity (Wildman–Crippen MR) is 64.3 cm³/mol. The molecule has 0 bridgehead atoms. The van der Waals surface area contributed by atoms with E-state index in [2.05, 4.69) is 55.4 Å². The number of hydrogen-bond acceptors (Lipinski definition) is 0. The van der Waals surface area contributed by atoms with E-state index in [1.54, 1.807) is 0 Å². The zero-order valence-corrected chi connectivity index (χ0v) is 11.4. The second-order valence-electron chi connectivity index (χ2n) is 7.39. The van der Waals surface area contributed by atoms with Crippen molar-refractivity contribution < 1.29 is 0 Å². The Bertz CT molecular complexity index is 205. The van der Waals surface area contributed by atoms with E-state index in [0.717, 1.165) is 11.8 Å². The quantitative estimate of drug-likeness (QED) is 0.568. The lowest BCUT2D eigenvalue weighted by Crippen LogP contribution is -2.61. The van der Waals surface area contributed by atoms with Gasteiger partial charge in [-0.05, 0) is 34.5 Å². The molecule has 14 heavy (non-hydrogen) atoms. The third-order valence-corrected chi connectivity index (χ3v) is 5.24. The molecule has 0 radical (unpaired) electrons. The Hall–Kier alpha value is 0. The van der Waals surface area contributed by atoms with E-state index >= 15 is 0 Å². The van der Waals surface area contributed by atoms with Crippen molar-refractivity contribution in [3.8, 4) is 0 Å². The second kappa shape index (κ2) is 3.00. The Balaban J connectivity index is 3.02. The van der Waals surface area contributed by atoms with Crippen molar-refractivity contribution in [2.24, 2.45) is 28.1 Å². The summed E-state index contributed by atoms with van der Waals surface area (Å²) < 4.78 is 0. The largest absolute Gasteiger partial charge is 0.0625 e. The van der Waals surface area contributed by atoms with Crippen LogP contribution >= 0.6 is 0 Å². The molecule has 0 N–H and O–H groups in total. The van der Waals surface area contributed by atoms with E-state index in [1.807, 2.05) is 0 Å². The molecule has 1 aliphatic rings. The smallest absolute Gasteiger partial charge is 0.0195 e. The van der Waals surface area contributed by atoms with Crippen molar-refractivity contribution in [1.29, 1.82) is 0 Å². The van der Waals surface area contributed by atoms with Gasteiger partial charge in [-0.2, -0.15) is 0 Å². The van der Waals surface area contributed by atoms with Crippen LogP contribution in [0.4, 0.5) is 0 Å². The molecule has 1 fully saturated rings. The third-order valence-electron chi connectivity index (χ3n) is 5.24. The monoisotopic (exact) mass is 196 g/mol. The predicted octanol–water partition coefficient (Wildman–Crippen LogP) is 4.74. The average molecular weight is 196 g/mol. The normalized spacial score (nSPS) is 37.1. The summed E-state index contributed by atoms with van der Waals surface area (Å²) in [6.45, 7) is 19.4. The summed E-state index contributed by atoms with van der Waals surface area (Å²) in [7, 11) is 0. The van der Waals surface area contributed by atoms with Gasteiger partial charge in [-0.3, -0.25) is 0 Å². The first-order valence-electron chi connectivity index (χ1n) is 6.04. The molecule has 0 aliphatic heterocycles. The van der Waals surface area contributed by atoms with Gasteiger partial charge in [0, 0.05) is 0 Å². The number of rotatable bonds is 1. The van der Waals surface area contributed by atoms with Crippen LogP contribution in [0.3, 0.4) is 0 Å². The minimum atomic E-state index is 0.420. The first-order chi connectivity index (χ1) is 6.04. The zero-order valence-electron chi connectivity index (χ0n) is 11.4. The van der Waals surface area contributed by atoms with E-state index in [-0.39, 0.29) is 0 Å². The molecule has 0 heteroatoms. The molecule has 0 spiro atoms. The maximum Gasteiger partial charge on any atom is -0.0195 e. The lowest BCUT2D eigenvalue weighted by atomic mass is 9.37. The molecule has 0 aromatic rings. The van der Waals surface area contributed by atoms with Crippen LogP contribution in [-0.2, 0) is 0 Å². The van der Waals surface area contributed by atoms with Crippen molar-refractivity contribution >= 4 is 0 Å². The fourth-order valence-electron chi connectivity index (χ4n) is 3.81. The second-order valence-corrected chi connectivity index (χ2v) is 7.39. The van der Waals surface area contributed by atoms with Gasteiger partial charge in [0.15, 0.2) is 0 Å². The minimum absolute atomic E-state index is 0.420. The van der Waals surface area contributed by atoms with E-state index in [4.69, 9.17) is 0 Å². The van der Waals surface area contributed by atoms with Gasteiger partial charge in [0.05, 0.1) is 0 Å². The summed E-state index contributed by atoms with van der Waals surface area (Å²) in [6.07, 6.45) is 1.40. The molecule has 84 valence electrons. The maximum atomic E-state index is 2.50. The third kappa shape index (κ3) is 1.33. The Labute approximate surface area is 90.5 Å². The Morgan fingerprint density at radius 1 is 1.07 bits per heavy atom. The van der Waals surface area contributed by atoms with Crippen molar-refractivity contribution in [2.75, 3.05) is 0 Å². The van der Waals surface area contributed by atoms with Crippen LogP contribution in [0.1, 0.15) is 61.8 Å². The Morgan fingerprint density at radius 3 is 1.64 bits per heavy atom. The van der Waals surface area contributed by atoms with Crippen molar-refractivity contribution in [1.82, 2.24) is 0 Å². The molecule has 0 heterocycles. The highest BCUT2D eigenvalue weighted by Gasteiger charge is 2.62. The fraction of sp³-hybridized carbons (Fsp3) is 1.00. The topological polar surface area (TPSA) is 0 Å². The molecule has 0 amide bonds. The van der Waals surface area contributed by atoms with Gasteiger partial charge in [0.25, 0.3) is 0 Å². The molecule has 1 saturated carbocycles.